The number of anilines is 2. The average Bonchev–Trinajstić information content (AvgIpc) is 3.28. The summed E-state index contributed by atoms with van der Waals surface area (Å²) in [5, 5.41) is 2.08. The highest BCUT2D eigenvalue weighted by atomic mass is 32.1. The molecule has 3 aromatic rings. The predicted molar refractivity (Wildman–Crippen MR) is 90.4 cm³/mol. The van der Waals surface area contributed by atoms with Gasteiger partial charge in [0.05, 0.1) is 19.0 Å². The lowest BCUT2D eigenvalue weighted by molar-refractivity contribution is 0.115. The molecule has 3 aromatic heterocycles. The molecule has 1 saturated heterocycles. The van der Waals surface area contributed by atoms with Crippen LogP contribution in [0.2, 0.25) is 0 Å². The molecule has 120 valence electrons. The molecule has 1 aliphatic heterocycles. The summed E-state index contributed by atoms with van der Waals surface area (Å²) in [7, 11) is 0. The van der Waals surface area contributed by atoms with Gasteiger partial charge in [-0.25, -0.2) is 4.98 Å². The minimum absolute atomic E-state index is 0.226. The Morgan fingerprint density at radius 1 is 1.43 bits per heavy atom. The first kappa shape index (κ1) is 14.4. The van der Waals surface area contributed by atoms with Crippen molar-refractivity contribution in [2.75, 3.05) is 23.8 Å². The minimum atomic E-state index is 0.226. The van der Waals surface area contributed by atoms with Crippen LogP contribution in [0.1, 0.15) is 17.7 Å². The van der Waals surface area contributed by atoms with Crippen molar-refractivity contribution in [3.8, 4) is 0 Å². The largest absolute Gasteiger partial charge is 0.376 e. The van der Waals surface area contributed by atoms with E-state index in [1.165, 1.54) is 4.88 Å². The Morgan fingerprint density at radius 3 is 3.17 bits per heavy atom. The molecule has 0 saturated carbocycles. The second-order valence-corrected chi connectivity index (χ2v) is 6.63. The van der Waals surface area contributed by atoms with E-state index in [2.05, 4.69) is 42.3 Å². The zero-order chi connectivity index (χ0) is 15.6. The molecule has 0 bridgehead atoms. The van der Waals surface area contributed by atoms with Crippen molar-refractivity contribution in [3.63, 3.8) is 0 Å². The second kappa shape index (κ2) is 6.13. The van der Waals surface area contributed by atoms with Gasteiger partial charge < -0.3 is 20.4 Å². The zero-order valence-electron chi connectivity index (χ0n) is 12.6. The van der Waals surface area contributed by atoms with Gasteiger partial charge in [0.25, 0.3) is 0 Å². The second-order valence-electron chi connectivity index (χ2n) is 5.60. The van der Waals surface area contributed by atoms with Gasteiger partial charge in [0.2, 0.25) is 5.95 Å². The van der Waals surface area contributed by atoms with Crippen LogP contribution in [0.4, 0.5) is 11.8 Å². The number of H-pyrrole nitrogens is 1. The van der Waals surface area contributed by atoms with Crippen LogP contribution in [0.5, 0.6) is 0 Å². The highest BCUT2D eigenvalue weighted by Gasteiger charge is 2.23. The van der Waals surface area contributed by atoms with Gasteiger partial charge >= 0.3 is 0 Å². The number of rotatable bonds is 5. The lowest BCUT2D eigenvalue weighted by atomic mass is 10.2. The Balaban J connectivity index is 1.71. The van der Waals surface area contributed by atoms with E-state index in [4.69, 9.17) is 10.5 Å². The van der Waals surface area contributed by atoms with Gasteiger partial charge in [-0.3, -0.25) is 0 Å². The van der Waals surface area contributed by atoms with Crippen LogP contribution in [0.15, 0.2) is 23.8 Å². The molecule has 7 nitrogen and oxygen atoms in total. The van der Waals surface area contributed by atoms with Crippen LogP contribution in [0, 0.1) is 0 Å². The van der Waals surface area contributed by atoms with E-state index in [0.29, 0.717) is 5.65 Å². The maximum Gasteiger partial charge on any atom is 0.224 e. The van der Waals surface area contributed by atoms with Crippen LogP contribution < -0.4 is 10.6 Å². The number of aromatic nitrogens is 4. The van der Waals surface area contributed by atoms with E-state index < -0.39 is 0 Å². The number of thiophene rings is 1. The Morgan fingerprint density at radius 2 is 2.39 bits per heavy atom. The van der Waals surface area contributed by atoms with E-state index in [-0.39, 0.29) is 12.1 Å². The number of nitrogens with one attached hydrogen (secondary N) is 1. The lowest BCUT2D eigenvalue weighted by Crippen LogP contribution is -2.32. The van der Waals surface area contributed by atoms with E-state index in [9.17, 15) is 0 Å². The average molecular weight is 330 g/mol. The van der Waals surface area contributed by atoms with E-state index in [0.717, 1.165) is 43.9 Å². The molecule has 3 N–H and O–H groups in total. The van der Waals surface area contributed by atoms with Gasteiger partial charge in [-0.05, 0) is 24.3 Å². The molecule has 23 heavy (non-hydrogen) atoms. The number of nitrogen functional groups attached to an aromatic ring is 1. The molecule has 1 atom stereocenters. The fraction of sp³-hybridized carbons (Fsp3) is 0.400. The van der Waals surface area contributed by atoms with Crippen molar-refractivity contribution < 1.29 is 4.74 Å². The summed E-state index contributed by atoms with van der Waals surface area (Å²) in [6, 6.07) is 4.19. The van der Waals surface area contributed by atoms with Crippen molar-refractivity contribution in [3.05, 3.63) is 28.7 Å². The summed E-state index contributed by atoms with van der Waals surface area (Å²) in [4.78, 5) is 19.5. The molecule has 0 aromatic carbocycles. The van der Waals surface area contributed by atoms with Crippen molar-refractivity contribution in [1.82, 2.24) is 19.9 Å². The first-order valence-corrected chi connectivity index (χ1v) is 8.53. The molecule has 1 aliphatic rings. The standard InChI is InChI=1S/C15H18N6OS/c16-15-19-13-12(17-9-18-13)14(20-15)21(7-10-3-1-5-22-10)8-11-4-2-6-23-11/h2,4,6,9-10H,1,3,5,7-8H2,(H3,16,17,18,19,20)/t10-/m1/s1. The number of fused-ring (bicyclic) bond motifs is 1. The molecule has 4 rings (SSSR count). The normalized spacial score (nSPS) is 17.8. The molecule has 1 fully saturated rings. The summed E-state index contributed by atoms with van der Waals surface area (Å²) in [5.74, 6) is 1.03. The first-order chi connectivity index (χ1) is 11.3. The van der Waals surface area contributed by atoms with Crippen LogP contribution in [0.25, 0.3) is 11.2 Å². The molecule has 0 spiro atoms. The van der Waals surface area contributed by atoms with Gasteiger partial charge in [-0.15, -0.1) is 11.3 Å². The summed E-state index contributed by atoms with van der Waals surface area (Å²) < 4.78 is 5.81. The fourth-order valence-electron chi connectivity index (χ4n) is 2.91. The molecular formula is C15H18N6OS. The van der Waals surface area contributed by atoms with Crippen molar-refractivity contribution in [2.24, 2.45) is 0 Å². The molecule has 0 aliphatic carbocycles. The number of aromatic amines is 1. The SMILES string of the molecule is Nc1nc(N(Cc2cccs2)C[C@H]2CCCO2)c2[nH]cnc2n1. The Kier molecular flexibility index (Phi) is 3.84. The van der Waals surface area contributed by atoms with E-state index in [1.807, 2.05) is 0 Å². The van der Waals surface area contributed by atoms with E-state index in [1.54, 1.807) is 17.7 Å². The summed E-state index contributed by atoms with van der Waals surface area (Å²) in [6.07, 6.45) is 4.04. The number of hydrogen-bond donors (Lipinski definition) is 2. The Hall–Kier alpha value is -2.19. The number of hydrogen-bond acceptors (Lipinski definition) is 7. The quantitative estimate of drug-likeness (QED) is 0.745. The topological polar surface area (TPSA) is 92.9 Å². The van der Waals surface area contributed by atoms with Crippen LogP contribution in [0.3, 0.4) is 0 Å². The summed E-state index contributed by atoms with van der Waals surface area (Å²) in [6.45, 7) is 2.38. The summed E-state index contributed by atoms with van der Waals surface area (Å²) >= 11 is 1.73. The van der Waals surface area contributed by atoms with Crippen LogP contribution >= 0.6 is 11.3 Å². The van der Waals surface area contributed by atoms with E-state index >= 15 is 0 Å². The molecule has 8 heteroatoms. The Bertz CT molecular complexity index is 780. The molecule has 0 unspecified atom stereocenters. The van der Waals surface area contributed by atoms with Crippen LogP contribution in [-0.2, 0) is 11.3 Å². The van der Waals surface area contributed by atoms with Crippen LogP contribution in [-0.4, -0.2) is 39.2 Å². The van der Waals surface area contributed by atoms with Gasteiger partial charge in [0.15, 0.2) is 11.5 Å². The third-order valence-corrected chi connectivity index (χ3v) is 4.82. The molecule has 0 radical (unpaired) electrons. The maximum absolute atomic E-state index is 5.87. The Labute approximate surface area is 137 Å². The number of ether oxygens (including phenoxy) is 1. The number of nitrogens with zero attached hydrogens (tertiary/aromatic N) is 4. The van der Waals surface area contributed by atoms with Gasteiger partial charge in [0, 0.05) is 18.0 Å². The lowest BCUT2D eigenvalue weighted by Gasteiger charge is -2.26. The third-order valence-electron chi connectivity index (χ3n) is 3.96. The van der Waals surface area contributed by atoms with Gasteiger partial charge in [0.1, 0.15) is 5.52 Å². The summed E-state index contributed by atoms with van der Waals surface area (Å²) in [5.41, 5.74) is 7.28. The highest BCUT2D eigenvalue weighted by Crippen LogP contribution is 2.26. The van der Waals surface area contributed by atoms with Gasteiger partial charge in [-0.2, -0.15) is 9.97 Å². The zero-order valence-corrected chi connectivity index (χ0v) is 13.4. The third kappa shape index (κ3) is 2.99. The highest BCUT2D eigenvalue weighted by molar-refractivity contribution is 7.09. The molecular weight excluding hydrogens is 312 g/mol. The number of imidazole rings is 1. The monoisotopic (exact) mass is 330 g/mol. The van der Waals surface area contributed by atoms with Gasteiger partial charge in [-0.1, -0.05) is 6.07 Å². The van der Waals surface area contributed by atoms with Crippen molar-refractivity contribution in [1.29, 1.82) is 0 Å². The smallest absolute Gasteiger partial charge is 0.224 e. The fourth-order valence-corrected chi connectivity index (χ4v) is 3.63. The molecule has 4 heterocycles. The molecule has 0 amide bonds. The van der Waals surface area contributed by atoms with Crippen molar-refractivity contribution in [2.45, 2.75) is 25.5 Å². The number of nitrogens with two attached hydrogens (primary N) is 1. The predicted octanol–water partition coefficient (Wildman–Crippen LogP) is 2.18. The first-order valence-electron chi connectivity index (χ1n) is 7.65. The minimum Gasteiger partial charge on any atom is -0.376 e. The maximum atomic E-state index is 5.87. The van der Waals surface area contributed by atoms with Crippen molar-refractivity contribution >= 4 is 34.3 Å².